The maximum Gasteiger partial charge on any atom is 0.158 e. The van der Waals surface area contributed by atoms with Gasteiger partial charge in [-0.05, 0) is 43.3 Å². The highest BCUT2D eigenvalue weighted by Gasteiger charge is 2.12. The molecule has 0 amide bonds. The zero-order valence-corrected chi connectivity index (χ0v) is 14.8. The number of fused-ring (bicyclic) bond motifs is 3. The van der Waals surface area contributed by atoms with Gasteiger partial charge in [-0.15, -0.1) is 0 Å². The van der Waals surface area contributed by atoms with Gasteiger partial charge >= 0.3 is 0 Å². The van der Waals surface area contributed by atoms with Gasteiger partial charge in [0.2, 0.25) is 0 Å². The fourth-order valence-corrected chi connectivity index (χ4v) is 2.91. The molecule has 6 nitrogen and oxygen atoms in total. The van der Waals surface area contributed by atoms with Gasteiger partial charge in [0.05, 0.1) is 11.2 Å². The van der Waals surface area contributed by atoms with Gasteiger partial charge in [-0.2, -0.15) is 5.10 Å². The van der Waals surface area contributed by atoms with Crippen molar-refractivity contribution in [2.24, 2.45) is 0 Å². The second kappa shape index (κ2) is 7.20. The summed E-state index contributed by atoms with van der Waals surface area (Å²) >= 11 is 0. The van der Waals surface area contributed by atoms with Crippen molar-refractivity contribution in [3.05, 3.63) is 66.1 Å². The first-order chi connectivity index (χ1) is 13.1. The van der Waals surface area contributed by atoms with Crippen LogP contribution in [-0.2, 0) is 0 Å². The zero-order chi connectivity index (χ0) is 18.8. The molecule has 0 aliphatic carbocycles. The number of hydrogen-bond donors (Lipinski definition) is 2. The van der Waals surface area contributed by atoms with Gasteiger partial charge < -0.3 is 15.2 Å². The number of nitrogens with zero attached hydrogens (tertiary/aromatic N) is 3. The van der Waals surface area contributed by atoms with Crippen molar-refractivity contribution in [2.45, 2.75) is 13.0 Å². The Morgan fingerprint density at radius 3 is 2.78 bits per heavy atom. The van der Waals surface area contributed by atoms with E-state index in [1.807, 2.05) is 41.8 Å². The molecule has 27 heavy (non-hydrogen) atoms. The number of nitrogens with one attached hydrogen (secondary N) is 1. The molecule has 1 atom stereocenters. The topological polar surface area (TPSA) is 71.7 Å². The Morgan fingerprint density at radius 2 is 1.96 bits per heavy atom. The second-order valence-electron chi connectivity index (χ2n) is 6.33. The van der Waals surface area contributed by atoms with E-state index < -0.39 is 6.10 Å². The van der Waals surface area contributed by atoms with Gasteiger partial charge in [-0.25, -0.2) is 13.9 Å². The SMILES string of the molecule is Cc1cc2nc(NCC(O)COc3ccc(F)cc3)c3ccccc3n2n1. The molecule has 0 fully saturated rings. The van der Waals surface area contributed by atoms with Crippen LogP contribution in [-0.4, -0.2) is 39.0 Å². The fourth-order valence-electron chi connectivity index (χ4n) is 2.91. The first-order valence-corrected chi connectivity index (χ1v) is 8.65. The average molecular weight is 366 g/mol. The van der Waals surface area contributed by atoms with E-state index in [1.165, 1.54) is 24.3 Å². The van der Waals surface area contributed by atoms with Gasteiger partial charge in [0.1, 0.15) is 30.1 Å². The number of ether oxygens (including phenoxy) is 1. The molecular weight excluding hydrogens is 347 g/mol. The van der Waals surface area contributed by atoms with Crippen LogP contribution >= 0.6 is 0 Å². The zero-order valence-electron chi connectivity index (χ0n) is 14.8. The van der Waals surface area contributed by atoms with Crippen molar-refractivity contribution in [1.82, 2.24) is 14.6 Å². The third-order valence-corrected chi connectivity index (χ3v) is 4.19. The Kier molecular flexibility index (Phi) is 4.60. The normalized spacial score (nSPS) is 12.4. The van der Waals surface area contributed by atoms with Crippen molar-refractivity contribution in [3.8, 4) is 5.75 Å². The number of aryl methyl sites for hydroxylation is 1. The molecule has 1 unspecified atom stereocenters. The summed E-state index contributed by atoms with van der Waals surface area (Å²) in [5.74, 6) is 0.863. The van der Waals surface area contributed by atoms with Crippen LogP contribution in [0, 0.1) is 12.7 Å². The maximum absolute atomic E-state index is 12.9. The third-order valence-electron chi connectivity index (χ3n) is 4.19. The number of aromatic nitrogens is 3. The Balaban J connectivity index is 1.48. The van der Waals surface area contributed by atoms with Crippen molar-refractivity contribution in [3.63, 3.8) is 0 Å². The lowest BCUT2D eigenvalue weighted by Crippen LogP contribution is -2.26. The van der Waals surface area contributed by atoms with Crippen LogP contribution in [0.4, 0.5) is 10.2 Å². The molecule has 0 aliphatic rings. The predicted octanol–water partition coefficient (Wildman–Crippen LogP) is 3.18. The molecule has 2 aromatic carbocycles. The lowest BCUT2D eigenvalue weighted by atomic mass is 10.2. The molecule has 0 saturated carbocycles. The molecule has 138 valence electrons. The summed E-state index contributed by atoms with van der Waals surface area (Å²) in [6.45, 7) is 2.28. The molecule has 4 rings (SSSR count). The predicted molar refractivity (Wildman–Crippen MR) is 102 cm³/mol. The van der Waals surface area contributed by atoms with Crippen LogP contribution in [0.15, 0.2) is 54.6 Å². The third kappa shape index (κ3) is 3.68. The van der Waals surface area contributed by atoms with E-state index in [4.69, 9.17) is 4.74 Å². The minimum absolute atomic E-state index is 0.0879. The highest BCUT2D eigenvalue weighted by Crippen LogP contribution is 2.23. The Labute approximate surface area is 155 Å². The van der Waals surface area contributed by atoms with Crippen molar-refractivity contribution in [2.75, 3.05) is 18.5 Å². The lowest BCUT2D eigenvalue weighted by Gasteiger charge is -2.15. The monoisotopic (exact) mass is 366 g/mol. The Bertz CT molecular complexity index is 1080. The van der Waals surface area contributed by atoms with Gasteiger partial charge in [0.25, 0.3) is 0 Å². The largest absolute Gasteiger partial charge is 0.491 e. The number of aliphatic hydroxyl groups is 1. The minimum atomic E-state index is -0.751. The molecule has 0 radical (unpaired) electrons. The number of para-hydroxylation sites is 1. The summed E-state index contributed by atoms with van der Waals surface area (Å²) in [4.78, 5) is 4.62. The molecule has 0 aliphatic heterocycles. The molecule has 0 spiro atoms. The Morgan fingerprint density at radius 1 is 1.19 bits per heavy atom. The highest BCUT2D eigenvalue weighted by molar-refractivity contribution is 5.91. The average Bonchev–Trinajstić information content (AvgIpc) is 3.06. The van der Waals surface area contributed by atoms with Crippen LogP contribution in [0.5, 0.6) is 5.75 Å². The van der Waals surface area contributed by atoms with Crippen molar-refractivity contribution < 1.29 is 14.2 Å². The Hall–Kier alpha value is -3.19. The summed E-state index contributed by atoms with van der Waals surface area (Å²) < 4.78 is 20.2. The van der Waals surface area contributed by atoms with Gasteiger partial charge in [0.15, 0.2) is 5.65 Å². The summed E-state index contributed by atoms with van der Waals surface area (Å²) in [5, 5.41) is 18.8. The smallest absolute Gasteiger partial charge is 0.158 e. The quantitative estimate of drug-likeness (QED) is 0.548. The number of aliphatic hydroxyl groups excluding tert-OH is 1. The van der Waals surface area contributed by atoms with Crippen LogP contribution in [0.2, 0.25) is 0 Å². The van der Waals surface area contributed by atoms with E-state index in [2.05, 4.69) is 15.4 Å². The van der Waals surface area contributed by atoms with E-state index in [-0.39, 0.29) is 19.0 Å². The molecule has 0 saturated heterocycles. The molecule has 7 heteroatoms. The van der Waals surface area contributed by atoms with E-state index in [0.29, 0.717) is 11.6 Å². The number of rotatable bonds is 6. The van der Waals surface area contributed by atoms with E-state index in [0.717, 1.165) is 22.2 Å². The molecular formula is C20H19FN4O2. The first-order valence-electron chi connectivity index (χ1n) is 8.65. The fraction of sp³-hybridized carbons (Fsp3) is 0.200. The van der Waals surface area contributed by atoms with Crippen LogP contribution < -0.4 is 10.1 Å². The van der Waals surface area contributed by atoms with Gasteiger partial charge in [-0.3, -0.25) is 0 Å². The number of halogens is 1. The number of benzene rings is 2. The summed E-state index contributed by atoms with van der Waals surface area (Å²) in [6, 6.07) is 15.4. The van der Waals surface area contributed by atoms with Crippen molar-refractivity contribution >= 4 is 22.4 Å². The van der Waals surface area contributed by atoms with Crippen LogP contribution in [0.3, 0.4) is 0 Å². The number of hydrogen-bond acceptors (Lipinski definition) is 5. The lowest BCUT2D eigenvalue weighted by molar-refractivity contribution is 0.117. The molecule has 2 heterocycles. The van der Waals surface area contributed by atoms with E-state index in [1.54, 1.807) is 0 Å². The number of anilines is 1. The summed E-state index contributed by atoms with van der Waals surface area (Å²) in [7, 11) is 0. The van der Waals surface area contributed by atoms with E-state index >= 15 is 0 Å². The first kappa shape index (κ1) is 17.2. The maximum atomic E-state index is 12.9. The second-order valence-corrected chi connectivity index (χ2v) is 6.33. The minimum Gasteiger partial charge on any atom is -0.491 e. The molecule has 4 aromatic rings. The molecule has 2 N–H and O–H groups in total. The molecule has 2 aromatic heterocycles. The molecule has 0 bridgehead atoms. The van der Waals surface area contributed by atoms with Crippen LogP contribution in [0.1, 0.15) is 5.69 Å². The summed E-state index contributed by atoms with van der Waals surface area (Å²) in [5.41, 5.74) is 2.57. The van der Waals surface area contributed by atoms with Gasteiger partial charge in [-0.1, -0.05) is 12.1 Å². The highest BCUT2D eigenvalue weighted by atomic mass is 19.1. The van der Waals surface area contributed by atoms with Crippen molar-refractivity contribution in [1.29, 1.82) is 0 Å². The summed E-state index contributed by atoms with van der Waals surface area (Å²) in [6.07, 6.45) is -0.751. The van der Waals surface area contributed by atoms with E-state index in [9.17, 15) is 9.50 Å². The standard InChI is InChI=1S/C20H19FN4O2/c1-13-10-19-23-20(17-4-2-3-5-18(17)25(19)24-13)22-11-15(26)12-27-16-8-6-14(21)7-9-16/h2-10,15,26H,11-12H2,1H3,(H,22,23). The van der Waals surface area contributed by atoms with Gasteiger partial charge in [0, 0.05) is 18.0 Å². The van der Waals surface area contributed by atoms with Crippen LogP contribution in [0.25, 0.3) is 16.6 Å².